The predicted octanol–water partition coefficient (Wildman–Crippen LogP) is 6.70. The molecule has 0 aliphatic carbocycles. The van der Waals surface area contributed by atoms with Crippen LogP contribution in [-0.4, -0.2) is 10.5 Å². The fourth-order valence-corrected chi connectivity index (χ4v) is 8.32. The van der Waals surface area contributed by atoms with Gasteiger partial charge in [0.25, 0.3) is 0 Å². The van der Waals surface area contributed by atoms with E-state index in [0.29, 0.717) is 10.2 Å². The quantitative estimate of drug-likeness (QED) is 0.264. The molecule has 0 atom stereocenters. The van der Waals surface area contributed by atoms with Crippen LogP contribution in [0.4, 0.5) is 0 Å². The predicted molar refractivity (Wildman–Crippen MR) is 92.7 cm³/mol. The Bertz CT molecular complexity index is 221. The summed E-state index contributed by atoms with van der Waals surface area (Å²) in [5.74, 6) is 1.76. The van der Waals surface area contributed by atoms with Crippen molar-refractivity contribution in [3.63, 3.8) is 0 Å². The Hall–Kier alpha value is 1.14. The van der Waals surface area contributed by atoms with Crippen LogP contribution in [-0.2, 0) is 0 Å². The molecule has 0 aliphatic rings. The third kappa shape index (κ3) is 8.79. The highest BCUT2D eigenvalue weighted by Gasteiger charge is 2.31. The minimum atomic E-state index is 0.334. The molecule has 0 radical (unpaired) electrons. The minimum Gasteiger partial charge on any atom is -0.102 e. The van der Waals surface area contributed by atoms with E-state index in [4.69, 9.17) is 0 Å². The van der Waals surface area contributed by atoms with Gasteiger partial charge in [-0.15, -0.1) is 6.58 Å². The van der Waals surface area contributed by atoms with Crippen molar-refractivity contribution in [3.05, 3.63) is 12.7 Å². The molecule has 0 saturated carbocycles. The van der Waals surface area contributed by atoms with E-state index in [1.807, 2.05) is 47.3 Å². The Morgan fingerprint density at radius 2 is 1.71 bits per heavy atom. The van der Waals surface area contributed by atoms with Gasteiger partial charge in [-0.25, -0.2) is 0 Å². The van der Waals surface area contributed by atoms with Crippen molar-refractivity contribution in [2.75, 3.05) is 5.75 Å². The zero-order valence-corrected chi connectivity index (χ0v) is 15.2. The summed E-state index contributed by atoms with van der Waals surface area (Å²) < 4.78 is 0.334. The van der Waals surface area contributed by atoms with Crippen LogP contribution in [0.15, 0.2) is 12.7 Å². The molecular formula is C13H26S4. The Morgan fingerprint density at radius 3 is 2.18 bits per heavy atom. The summed E-state index contributed by atoms with van der Waals surface area (Å²) in [6.45, 7) is 17.8. The van der Waals surface area contributed by atoms with Crippen LogP contribution in [0.5, 0.6) is 0 Å². The molecule has 0 rings (SSSR count). The lowest BCUT2D eigenvalue weighted by Gasteiger charge is -2.37. The molecule has 0 bridgehead atoms. The third-order valence-corrected chi connectivity index (χ3v) is 10.1. The molecule has 0 N–H and O–H groups in total. The summed E-state index contributed by atoms with van der Waals surface area (Å²) in [6, 6.07) is 0. The molecule has 0 nitrogen and oxygen atoms in total. The molecule has 17 heavy (non-hydrogen) atoms. The molecule has 4 heteroatoms. The van der Waals surface area contributed by atoms with E-state index in [2.05, 4.69) is 48.1 Å². The molecule has 0 aromatic rings. The number of rotatable bonds is 9. The maximum Gasteiger partial charge on any atom is 0.0223 e. The van der Waals surface area contributed by atoms with Gasteiger partial charge in [-0.3, -0.25) is 0 Å². The molecule has 0 unspecified atom stereocenters. The standard InChI is InChI=1S/C13H26S4/c1-8-9-14-16-17-15-13(6,7)10-12(4,5)11(2)3/h8,11H,1,9-10H2,2-7H3. The second kappa shape index (κ2) is 8.34. The zero-order chi connectivity index (χ0) is 13.5. The van der Waals surface area contributed by atoms with Crippen LogP contribution in [0.3, 0.4) is 0 Å². The van der Waals surface area contributed by atoms with Crippen molar-refractivity contribution in [1.82, 2.24) is 0 Å². The van der Waals surface area contributed by atoms with E-state index in [1.165, 1.54) is 6.42 Å². The van der Waals surface area contributed by atoms with Gasteiger partial charge in [0.2, 0.25) is 0 Å². The Labute approximate surface area is 123 Å². The van der Waals surface area contributed by atoms with E-state index in [9.17, 15) is 0 Å². The Balaban J connectivity index is 3.98. The average molecular weight is 311 g/mol. The third-order valence-electron chi connectivity index (χ3n) is 2.97. The lowest BCUT2D eigenvalue weighted by atomic mass is 9.75. The zero-order valence-electron chi connectivity index (χ0n) is 11.9. The molecule has 0 saturated heterocycles. The fraction of sp³-hybridized carbons (Fsp3) is 0.846. The highest BCUT2D eigenvalue weighted by molar-refractivity contribution is 9.26. The summed E-state index contributed by atoms with van der Waals surface area (Å²) in [7, 11) is 7.62. The second-order valence-corrected chi connectivity index (χ2v) is 12.5. The molecule has 102 valence electrons. The minimum absolute atomic E-state index is 0.334. The van der Waals surface area contributed by atoms with Crippen molar-refractivity contribution in [2.45, 2.75) is 52.7 Å². The molecule has 0 heterocycles. The smallest absolute Gasteiger partial charge is 0.0223 e. The first-order valence-corrected chi connectivity index (χ1v) is 10.9. The summed E-state index contributed by atoms with van der Waals surface area (Å²) in [6.07, 6.45) is 3.21. The number of hydrogen-bond donors (Lipinski definition) is 0. The van der Waals surface area contributed by atoms with Crippen molar-refractivity contribution in [3.8, 4) is 0 Å². The van der Waals surface area contributed by atoms with Gasteiger partial charge in [0.15, 0.2) is 0 Å². The van der Waals surface area contributed by atoms with Crippen molar-refractivity contribution in [2.24, 2.45) is 11.3 Å². The molecule has 0 spiro atoms. The first kappa shape index (κ1) is 18.1. The van der Waals surface area contributed by atoms with Gasteiger partial charge in [-0.1, -0.05) is 55.4 Å². The summed E-state index contributed by atoms with van der Waals surface area (Å²) in [4.78, 5) is 0. The molecular weight excluding hydrogens is 284 g/mol. The van der Waals surface area contributed by atoms with Gasteiger partial charge in [-0.05, 0) is 51.3 Å². The van der Waals surface area contributed by atoms with Crippen LogP contribution in [0, 0.1) is 11.3 Å². The van der Waals surface area contributed by atoms with Gasteiger partial charge in [0.1, 0.15) is 0 Å². The first-order chi connectivity index (χ1) is 7.71. The summed E-state index contributed by atoms with van der Waals surface area (Å²) in [5.41, 5.74) is 0.413. The Morgan fingerprint density at radius 1 is 1.12 bits per heavy atom. The van der Waals surface area contributed by atoms with Crippen LogP contribution in [0.2, 0.25) is 0 Å². The largest absolute Gasteiger partial charge is 0.102 e. The first-order valence-electron chi connectivity index (χ1n) is 5.96. The summed E-state index contributed by atoms with van der Waals surface area (Å²) in [5, 5.41) is 0. The molecule has 0 amide bonds. The van der Waals surface area contributed by atoms with Crippen LogP contribution < -0.4 is 0 Å². The summed E-state index contributed by atoms with van der Waals surface area (Å²) >= 11 is 0. The van der Waals surface area contributed by atoms with Gasteiger partial charge in [0, 0.05) is 10.5 Å². The highest BCUT2D eigenvalue weighted by Crippen LogP contribution is 2.52. The van der Waals surface area contributed by atoms with Crippen LogP contribution in [0.1, 0.15) is 48.0 Å². The molecule has 0 fully saturated rings. The normalized spacial score (nSPS) is 13.1. The average Bonchev–Trinajstić information content (AvgIpc) is 2.15. The van der Waals surface area contributed by atoms with Gasteiger partial charge in [0.05, 0.1) is 0 Å². The maximum absolute atomic E-state index is 3.72. The lowest BCUT2D eigenvalue weighted by Crippen LogP contribution is -2.29. The SMILES string of the molecule is C=CCSSSSC(C)(C)CC(C)(C)C(C)C. The van der Waals surface area contributed by atoms with Gasteiger partial charge >= 0.3 is 0 Å². The van der Waals surface area contributed by atoms with E-state index in [-0.39, 0.29) is 0 Å². The fourth-order valence-electron chi connectivity index (χ4n) is 1.53. The van der Waals surface area contributed by atoms with E-state index >= 15 is 0 Å². The van der Waals surface area contributed by atoms with E-state index < -0.39 is 0 Å². The Kier molecular flexibility index (Phi) is 8.90. The van der Waals surface area contributed by atoms with Crippen molar-refractivity contribution in [1.29, 1.82) is 0 Å². The highest BCUT2D eigenvalue weighted by atomic mass is 33.7. The van der Waals surface area contributed by atoms with Gasteiger partial charge < -0.3 is 0 Å². The van der Waals surface area contributed by atoms with E-state index in [1.54, 1.807) is 0 Å². The lowest BCUT2D eigenvalue weighted by molar-refractivity contribution is 0.210. The monoisotopic (exact) mass is 310 g/mol. The van der Waals surface area contributed by atoms with Crippen molar-refractivity contribution >= 4 is 41.2 Å². The molecule has 0 aromatic heterocycles. The van der Waals surface area contributed by atoms with Crippen LogP contribution >= 0.6 is 41.2 Å². The topological polar surface area (TPSA) is 0 Å². The van der Waals surface area contributed by atoms with Crippen LogP contribution in [0.25, 0.3) is 0 Å². The molecule has 0 aliphatic heterocycles. The van der Waals surface area contributed by atoms with E-state index in [0.717, 1.165) is 11.7 Å². The second-order valence-electron chi connectivity index (χ2n) is 5.87. The number of hydrogen-bond acceptors (Lipinski definition) is 4. The maximum atomic E-state index is 3.72. The van der Waals surface area contributed by atoms with Crippen molar-refractivity contribution < 1.29 is 0 Å². The van der Waals surface area contributed by atoms with Gasteiger partial charge in [-0.2, -0.15) is 0 Å². The molecule has 0 aromatic carbocycles.